The predicted molar refractivity (Wildman–Crippen MR) is 122 cm³/mol. The van der Waals surface area contributed by atoms with E-state index in [1.54, 1.807) is 7.11 Å². The zero-order valence-corrected chi connectivity index (χ0v) is 20.1. The first-order valence-electron chi connectivity index (χ1n) is 10.8. The molecule has 0 spiro atoms. The van der Waals surface area contributed by atoms with Gasteiger partial charge in [0.15, 0.2) is 16.5 Å². The number of Topliss-reactive ketones (excluding diaryl/α,β-unsaturated/α-hetero) is 1. The normalized spacial score (nSPS) is 11.8. The van der Waals surface area contributed by atoms with Crippen molar-refractivity contribution in [2.45, 2.75) is 43.5 Å². The Hall–Kier alpha value is -2.34. The molecule has 10 nitrogen and oxygen atoms in total. The van der Waals surface area contributed by atoms with Crippen molar-refractivity contribution in [2.75, 3.05) is 46.7 Å². The molecule has 2 N–H and O–H groups in total. The van der Waals surface area contributed by atoms with E-state index in [0.717, 1.165) is 0 Å². The van der Waals surface area contributed by atoms with Crippen LogP contribution >= 0.6 is 0 Å². The molecule has 1 unspecified atom stereocenters. The van der Waals surface area contributed by atoms with Crippen LogP contribution in [0.2, 0.25) is 0 Å². The van der Waals surface area contributed by atoms with Crippen molar-refractivity contribution < 1.29 is 37.0 Å². The van der Waals surface area contributed by atoms with Gasteiger partial charge in [-0.15, -0.1) is 0 Å². The van der Waals surface area contributed by atoms with Crippen molar-refractivity contribution in [3.05, 3.63) is 29.8 Å². The topological polar surface area (TPSA) is 137 Å². The highest BCUT2D eigenvalue weighted by molar-refractivity contribution is 7.72. The van der Waals surface area contributed by atoms with Crippen molar-refractivity contribution in [1.82, 2.24) is 10.6 Å². The van der Waals surface area contributed by atoms with Crippen molar-refractivity contribution >= 4 is 28.3 Å². The lowest BCUT2D eigenvalue weighted by atomic mass is 10.1. The third-order valence-corrected chi connectivity index (χ3v) is 5.38. The fraction of sp³-hybridized carbons (Fsp3) is 0.591. The molecule has 1 atom stereocenters. The van der Waals surface area contributed by atoms with Crippen LogP contribution in [0, 0.1) is 0 Å². The van der Waals surface area contributed by atoms with Gasteiger partial charge in [0.1, 0.15) is 0 Å². The minimum absolute atomic E-state index is 0.116. The van der Waals surface area contributed by atoms with Crippen molar-refractivity contribution in [1.29, 1.82) is 0 Å². The standard InChI is InChI=1S/C22H34N2O8S/c1-17(25)20(24-22(27)18-6-8-19(9-7-18)33(28)29)5-3-4-11-23-21(26)10-12-31-15-16-32-14-13-30-2/h6-9,20,33H,3-5,10-16H2,1-2H3,(H,23,26)(H,24,27). The Kier molecular flexibility index (Phi) is 14.9. The zero-order chi connectivity index (χ0) is 24.5. The van der Waals surface area contributed by atoms with Gasteiger partial charge in [-0.1, -0.05) is 0 Å². The van der Waals surface area contributed by atoms with Crippen LogP contribution in [0.15, 0.2) is 29.2 Å². The quantitative estimate of drug-likeness (QED) is 0.204. The number of hydrogen-bond donors (Lipinski definition) is 3. The minimum atomic E-state index is -2.71. The molecule has 1 aromatic carbocycles. The van der Waals surface area contributed by atoms with E-state index in [1.807, 2.05) is 0 Å². The molecule has 1 aromatic rings. The number of unbranched alkanes of at least 4 members (excludes halogenated alkanes) is 1. The predicted octanol–water partition coefficient (Wildman–Crippen LogP) is 0.701. The first kappa shape index (κ1) is 28.7. The number of ether oxygens (including phenoxy) is 3. The number of thiol groups is 1. The van der Waals surface area contributed by atoms with Gasteiger partial charge in [0, 0.05) is 25.6 Å². The first-order chi connectivity index (χ1) is 15.8. The highest BCUT2D eigenvalue weighted by Crippen LogP contribution is 2.08. The zero-order valence-electron chi connectivity index (χ0n) is 19.2. The number of amides is 2. The van der Waals surface area contributed by atoms with E-state index >= 15 is 0 Å². The SMILES string of the molecule is COCCOCCOCCC(=O)NCCCCC(NC(=O)c1ccc([SH](=O)=O)cc1)C(C)=O. The number of hydrogen-bond acceptors (Lipinski definition) is 8. The van der Waals surface area contributed by atoms with E-state index in [9.17, 15) is 22.8 Å². The van der Waals surface area contributed by atoms with E-state index in [4.69, 9.17) is 14.2 Å². The van der Waals surface area contributed by atoms with Gasteiger partial charge >= 0.3 is 0 Å². The van der Waals surface area contributed by atoms with Gasteiger partial charge in [-0.25, -0.2) is 8.42 Å². The average Bonchev–Trinajstić information content (AvgIpc) is 2.79. The summed E-state index contributed by atoms with van der Waals surface area (Å²) in [6.45, 7) is 4.08. The van der Waals surface area contributed by atoms with E-state index in [1.165, 1.54) is 31.2 Å². The number of ketones is 1. The molecule has 0 radical (unpaired) electrons. The van der Waals surface area contributed by atoms with E-state index < -0.39 is 22.7 Å². The maximum absolute atomic E-state index is 12.3. The number of nitrogens with one attached hydrogen (secondary N) is 2. The molecular formula is C22H34N2O8S. The van der Waals surface area contributed by atoms with Gasteiger partial charge in [-0.2, -0.15) is 0 Å². The molecule has 0 bridgehead atoms. The number of carbonyl (C=O) groups is 3. The molecule has 0 fully saturated rings. The Morgan fingerprint density at radius 2 is 1.58 bits per heavy atom. The minimum Gasteiger partial charge on any atom is -0.382 e. The molecule has 11 heteroatoms. The molecular weight excluding hydrogens is 452 g/mol. The highest BCUT2D eigenvalue weighted by Gasteiger charge is 2.17. The van der Waals surface area contributed by atoms with Crippen LogP contribution in [-0.4, -0.2) is 78.7 Å². The molecule has 33 heavy (non-hydrogen) atoms. The van der Waals surface area contributed by atoms with Crippen LogP contribution in [0.1, 0.15) is 43.0 Å². The van der Waals surface area contributed by atoms with E-state index in [-0.39, 0.29) is 28.6 Å². The Bertz CT molecular complexity index is 803. The van der Waals surface area contributed by atoms with E-state index in [2.05, 4.69) is 10.6 Å². The summed E-state index contributed by atoms with van der Waals surface area (Å²) in [6.07, 6.45) is 1.98. The van der Waals surface area contributed by atoms with Gasteiger partial charge in [0.05, 0.1) is 44.0 Å². The number of benzene rings is 1. The maximum atomic E-state index is 12.3. The van der Waals surface area contributed by atoms with Crippen LogP contribution < -0.4 is 10.6 Å². The first-order valence-corrected chi connectivity index (χ1v) is 12.0. The van der Waals surface area contributed by atoms with E-state index in [0.29, 0.717) is 58.8 Å². The average molecular weight is 487 g/mol. The molecule has 2 amide bonds. The second-order valence-electron chi connectivity index (χ2n) is 7.25. The molecule has 0 aliphatic rings. The molecule has 0 aliphatic carbocycles. The summed E-state index contributed by atoms with van der Waals surface area (Å²) in [6, 6.07) is 4.84. The van der Waals surface area contributed by atoms with Crippen LogP contribution in [-0.2, 0) is 34.5 Å². The van der Waals surface area contributed by atoms with Gasteiger partial charge in [0.2, 0.25) is 5.91 Å². The maximum Gasteiger partial charge on any atom is 0.251 e. The summed E-state index contributed by atoms with van der Waals surface area (Å²) in [5.41, 5.74) is 0.276. The molecule has 1 rings (SSSR count). The molecule has 0 aromatic heterocycles. The second-order valence-corrected chi connectivity index (χ2v) is 8.28. The van der Waals surface area contributed by atoms with Crippen molar-refractivity contribution in [2.24, 2.45) is 0 Å². The van der Waals surface area contributed by atoms with Crippen LogP contribution in [0.5, 0.6) is 0 Å². The summed E-state index contributed by atoms with van der Waals surface area (Å²) >= 11 is 0. The third-order valence-electron chi connectivity index (χ3n) is 4.66. The van der Waals surface area contributed by atoms with Crippen LogP contribution in [0.3, 0.4) is 0 Å². The molecule has 0 aliphatic heterocycles. The summed E-state index contributed by atoms with van der Waals surface area (Å²) < 4.78 is 37.3. The largest absolute Gasteiger partial charge is 0.382 e. The number of carbonyl (C=O) groups excluding carboxylic acids is 3. The number of rotatable bonds is 18. The number of methoxy groups -OCH3 is 1. The Labute approximate surface area is 196 Å². The monoisotopic (exact) mass is 486 g/mol. The smallest absolute Gasteiger partial charge is 0.251 e. The summed E-state index contributed by atoms with van der Waals surface area (Å²) in [5, 5.41) is 5.47. The molecule has 0 saturated heterocycles. The van der Waals surface area contributed by atoms with Crippen LogP contribution in [0.25, 0.3) is 0 Å². The van der Waals surface area contributed by atoms with Gasteiger partial charge in [-0.3, -0.25) is 14.4 Å². The lowest BCUT2D eigenvalue weighted by Gasteiger charge is -2.16. The molecule has 0 saturated carbocycles. The third kappa shape index (κ3) is 13.1. The van der Waals surface area contributed by atoms with Gasteiger partial charge in [-0.05, 0) is 50.5 Å². The van der Waals surface area contributed by atoms with Crippen molar-refractivity contribution in [3.8, 4) is 0 Å². The Balaban J connectivity index is 2.20. The molecule has 186 valence electrons. The molecule has 0 heterocycles. The second kappa shape index (κ2) is 17.2. The Morgan fingerprint density at radius 3 is 2.18 bits per heavy atom. The van der Waals surface area contributed by atoms with Gasteiger partial charge < -0.3 is 24.8 Å². The highest BCUT2D eigenvalue weighted by atomic mass is 32.2. The fourth-order valence-electron chi connectivity index (χ4n) is 2.77. The summed E-state index contributed by atoms with van der Waals surface area (Å²) in [7, 11) is -1.11. The lowest BCUT2D eigenvalue weighted by molar-refractivity contribution is -0.122. The fourth-order valence-corrected chi connectivity index (χ4v) is 3.16. The summed E-state index contributed by atoms with van der Waals surface area (Å²) in [4.78, 5) is 36.1. The Morgan fingerprint density at radius 1 is 0.939 bits per heavy atom. The van der Waals surface area contributed by atoms with Gasteiger partial charge in [0.25, 0.3) is 5.91 Å². The lowest BCUT2D eigenvalue weighted by Crippen LogP contribution is -2.39. The van der Waals surface area contributed by atoms with Crippen molar-refractivity contribution in [3.63, 3.8) is 0 Å². The van der Waals surface area contributed by atoms with Crippen LogP contribution in [0.4, 0.5) is 0 Å². The summed E-state index contributed by atoms with van der Waals surface area (Å²) in [5.74, 6) is -0.731.